The number of nitrogens with one attached hydrogen (secondary N) is 1. The number of para-hydroxylation sites is 1. The second kappa shape index (κ2) is 8.34. The van der Waals surface area contributed by atoms with E-state index in [4.69, 9.17) is 10.5 Å². The molecule has 2 aromatic carbocycles. The average Bonchev–Trinajstić information content (AvgIpc) is 2.58. The van der Waals surface area contributed by atoms with E-state index in [2.05, 4.69) is 5.32 Å². The maximum Gasteiger partial charge on any atom is 0.237 e. The number of hydrogen-bond acceptors (Lipinski definition) is 3. The summed E-state index contributed by atoms with van der Waals surface area (Å²) < 4.78 is 5.88. The number of ether oxygens (including phenoxy) is 1. The highest BCUT2D eigenvalue weighted by molar-refractivity contribution is 5.81. The minimum atomic E-state index is -0.493. The van der Waals surface area contributed by atoms with Crippen LogP contribution in [0, 0.1) is 5.92 Å². The molecule has 2 aromatic rings. The lowest BCUT2D eigenvalue weighted by atomic mass is 10.0. The van der Waals surface area contributed by atoms with E-state index in [1.54, 1.807) is 0 Å². The minimum Gasteiger partial charge on any atom is -0.489 e. The van der Waals surface area contributed by atoms with E-state index in [9.17, 15) is 4.79 Å². The molecule has 1 amide bonds. The smallest absolute Gasteiger partial charge is 0.237 e. The predicted octanol–water partition coefficient (Wildman–Crippen LogP) is 2.87. The largest absolute Gasteiger partial charge is 0.489 e. The summed E-state index contributed by atoms with van der Waals surface area (Å²) >= 11 is 0. The standard InChI is InChI=1S/C19H24N2O2/c1-14(2)18(20)19(22)21-12-16-10-6-7-11-17(16)23-13-15-8-4-3-5-9-15/h3-11,14,18H,12-13,20H2,1-2H3,(H,21,22)/t18-/m0/s1. The van der Waals surface area contributed by atoms with Gasteiger partial charge in [-0.1, -0.05) is 62.4 Å². The van der Waals surface area contributed by atoms with Gasteiger partial charge in [-0.15, -0.1) is 0 Å². The fourth-order valence-electron chi connectivity index (χ4n) is 2.13. The predicted molar refractivity (Wildman–Crippen MR) is 91.9 cm³/mol. The summed E-state index contributed by atoms with van der Waals surface area (Å²) in [5.74, 6) is 0.743. The molecule has 0 bridgehead atoms. The summed E-state index contributed by atoms with van der Waals surface area (Å²) in [4.78, 5) is 12.0. The molecule has 0 saturated carbocycles. The summed E-state index contributed by atoms with van der Waals surface area (Å²) in [6.45, 7) is 4.77. The monoisotopic (exact) mass is 312 g/mol. The van der Waals surface area contributed by atoms with Gasteiger partial charge in [0.05, 0.1) is 6.04 Å². The molecule has 0 radical (unpaired) electrons. The SMILES string of the molecule is CC(C)[C@H](N)C(=O)NCc1ccccc1OCc1ccccc1. The summed E-state index contributed by atoms with van der Waals surface area (Å²) in [5.41, 5.74) is 7.90. The van der Waals surface area contributed by atoms with Crippen LogP contribution in [0.25, 0.3) is 0 Å². The Morgan fingerprint density at radius 1 is 1.09 bits per heavy atom. The topological polar surface area (TPSA) is 64.4 Å². The number of carbonyl (C=O) groups excluding carboxylic acids is 1. The van der Waals surface area contributed by atoms with Crippen molar-refractivity contribution in [3.8, 4) is 5.75 Å². The molecule has 0 aliphatic carbocycles. The van der Waals surface area contributed by atoms with E-state index in [-0.39, 0.29) is 11.8 Å². The zero-order valence-electron chi connectivity index (χ0n) is 13.7. The fraction of sp³-hybridized carbons (Fsp3) is 0.316. The molecule has 0 aliphatic heterocycles. The van der Waals surface area contributed by atoms with Crippen LogP contribution < -0.4 is 15.8 Å². The van der Waals surface area contributed by atoms with E-state index in [0.29, 0.717) is 13.2 Å². The second-order valence-electron chi connectivity index (χ2n) is 5.87. The molecule has 0 unspecified atom stereocenters. The molecule has 4 nitrogen and oxygen atoms in total. The van der Waals surface area contributed by atoms with Crippen molar-refractivity contribution in [2.45, 2.75) is 33.0 Å². The lowest BCUT2D eigenvalue weighted by Crippen LogP contribution is -2.43. The lowest BCUT2D eigenvalue weighted by molar-refractivity contribution is -0.123. The van der Waals surface area contributed by atoms with E-state index < -0.39 is 6.04 Å². The molecule has 4 heteroatoms. The van der Waals surface area contributed by atoms with Gasteiger partial charge in [-0.2, -0.15) is 0 Å². The van der Waals surface area contributed by atoms with Crippen molar-refractivity contribution in [3.05, 3.63) is 65.7 Å². The first kappa shape index (κ1) is 17.0. The Kier molecular flexibility index (Phi) is 6.18. The zero-order chi connectivity index (χ0) is 16.7. The van der Waals surface area contributed by atoms with Gasteiger partial charge in [0.25, 0.3) is 0 Å². The van der Waals surface area contributed by atoms with Crippen LogP contribution in [0.4, 0.5) is 0 Å². The number of amides is 1. The van der Waals surface area contributed by atoms with Crippen LogP contribution in [0.2, 0.25) is 0 Å². The Hall–Kier alpha value is -2.33. The maximum atomic E-state index is 12.0. The van der Waals surface area contributed by atoms with Crippen LogP contribution in [0.1, 0.15) is 25.0 Å². The van der Waals surface area contributed by atoms with Gasteiger partial charge in [-0.05, 0) is 17.5 Å². The highest BCUT2D eigenvalue weighted by Crippen LogP contribution is 2.19. The van der Waals surface area contributed by atoms with Crippen molar-refractivity contribution in [3.63, 3.8) is 0 Å². The zero-order valence-corrected chi connectivity index (χ0v) is 13.7. The number of nitrogens with two attached hydrogens (primary N) is 1. The molecular formula is C19H24N2O2. The molecule has 0 saturated heterocycles. The van der Waals surface area contributed by atoms with Crippen LogP contribution >= 0.6 is 0 Å². The molecule has 0 aromatic heterocycles. The van der Waals surface area contributed by atoms with Crippen LogP contribution in [-0.2, 0) is 17.9 Å². The van der Waals surface area contributed by atoms with E-state index in [1.807, 2.05) is 68.4 Å². The Labute approximate surface area is 137 Å². The van der Waals surface area contributed by atoms with Crippen molar-refractivity contribution < 1.29 is 9.53 Å². The van der Waals surface area contributed by atoms with Crippen molar-refractivity contribution in [2.24, 2.45) is 11.7 Å². The fourth-order valence-corrected chi connectivity index (χ4v) is 2.13. The third-order valence-corrected chi connectivity index (χ3v) is 3.68. The third-order valence-electron chi connectivity index (χ3n) is 3.68. The van der Waals surface area contributed by atoms with Crippen molar-refractivity contribution in [2.75, 3.05) is 0 Å². The van der Waals surface area contributed by atoms with Crippen LogP contribution in [0.5, 0.6) is 5.75 Å². The van der Waals surface area contributed by atoms with Gasteiger partial charge in [0.1, 0.15) is 12.4 Å². The van der Waals surface area contributed by atoms with Crippen LogP contribution in [0.3, 0.4) is 0 Å². The quantitative estimate of drug-likeness (QED) is 0.826. The number of benzene rings is 2. The Balaban J connectivity index is 1.96. The van der Waals surface area contributed by atoms with Gasteiger partial charge in [-0.25, -0.2) is 0 Å². The first-order valence-electron chi connectivity index (χ1n) is 7.86. The summed E-state index contributed by atoms with van der Waals surface area (Å²) in [7, 11) is 0. The number of carbonyl (C=O) groups is 1. The van der Waals surface area contributed by atoms with E-state index >= 15 is 0 Å². The first-order chi connectivity index (χ1) is 11.1. The lowest BCUT2D eigenvalue weighted by Gasteiger charge is -2.16. The van der Waals surface area contributed by atoms with E-state index in [0.717, 1.165) is 16.9 Å². The van der Waals surface area contributed by atoms with Crippen LogP contribution in [0.15, 0.2) is 54.6 Å². The van der Waals surface area contributed by atoms with Gasteiger partial charge >= 0.3 is 0 Å². The Bertz CT molecular complexity index is 626. The average molecular weight is 312 g/mol. The van der Waals surface area contributed by atoms with Crippen molar-refractivity contribution in [1.29, 1.82) is 0 Å². The molecule has 0 aliphatic rings. The summed E-state index contributed by atoms with van der Waals surface area (Å²) in [5, 5.41) is 2.87. The van der Waals surface area contributed by atoms with Gasteiger partial charge in [0, 0.05) is 12.1 Å². The normalized spacial score (nSPS) is 12.0. The number of rotatable bonds is 7. The molecule has 0 heterocycles. The maximum absolute atomic E-state index is 12.0. The van der Waals surface area contributed by atoms with Gasteiger partial charge < -0.3 is 15.8 Å². The van der Waals surface area contributed by atoms with Gasteiger partial charge in [0.15, 0.2) is 0 Å². The van der Waals surface area contributed by atoms with Crippen molar-refractivity contribution in [1.82, 2.24) is 5.32 Å². The highest BCUT2D eigenvalue weighted by Gasteiger charge is 2.17. The molecule has 0 spiro atoms. The Morgan fingerprint density at radius 2 is 1.74 bits per heavy atom. The highest BCUT2D eigenvalue weighted by atomic mass is 16.5. The second-order valence-corrected chi connectivity index (χ2v) is 5.87. The molecule has 3 N–H and O–H groups in total. The minimum absolute atomic E-state index is 0.111. The molecule has 23 heavy (non-hydrogen) atoms. The molecule has 1 atom stereocenters. The molecule has 2 rings (SSSR count). The molecular weight excluding hydrogens is 288 g/mol. The van der Waals surface area contributed by atoms with Crippen LogP contribution in [-0.4, -0.2) is 11.9 Å². The van der Waals surface area contributed by atoms with E-state index in [1.165, 1.54) is 0 Å². The summed E-state index contributed by atoms with van der Waals surface area (Å²) in [6, 6.07) is 17.2. The van der Waals surface area contributed by atoms with Gasteiger partial charge in [0.2, 0.25) is 5.91 Å². The first-order valence-corrected chi connectivity index (χ1v) is 7.86. The van der Waals surface area contributed by atoms with Crippen molar-refractivity contribution >= 4 is 5.91 Å². The number of hydrogen-bond donors (Lipinski definition) is 2. The third kappa shape index (κ3) is 5.11. The Morgan fingerprint density at radius 3 is 2.43 bits per heavy atom. The molecule has 122 valence electrons. The molecule has 0 fully saturated rings. The van der Waals surface area contributed by atoms with Gasteiger partial charge in [-0.3, -0.25) is 4.79 Å². The summed E-state index contributed by atoms with van der Waals surface area (Å²) in [6.07, 6.45) is 0.